The van der Waals surface area contributed by atoms with E-state index < -0.39 is 15.8 Å². The van der Waals surface area contributed by atoms with E-state index in [1.807, 2.05) is 6.92 Å². The van der Waals surface area contributed by atoms with Crippen LogP contribution in [0.3, 0.4) is 0 Å². The molecule has 1 aromatic carbocycles. The third-order valence-corrected chi connectivity index (χ3v) is 5.24. The Balaban J connectivity index is 2.35. The monoisotopic (exact) mass is 310 g/mol. The average molecular weight is 310 g/mol. The second-order valence-corrected chi connectivity index (χ2v) is 6.86. The van der Waals surface area contributed by atoms with Crippen molar-refractivity contribution in [1.29, 1.82) is 0 Å². The van der Waals surface area contributed by atoms with Crippen LogP contribution in [0.25, 0.3) is 0 Å². The molecule has 6 heteroatoms. The SMILES string of the molecule is CCCN(C1CC1)S(=O)(=O)c1ccc(C#CCN)cc1F. The number of nitrogens with zero attached hydrogens (tertiary/aromatic N) is 1. The van der Waals surface area contributed by atoms with Crippen molar-refractivity contribution in [3.63, 3.8) is 0 Å². The lowest BCUT2D eigenvalue weighted by Gasteiger charge is -2.21. The van der Waals surface area contributed by atoms with Gasteiger partial charge in [-0.2, -0.15) is 4.31 Å². The van der Waals surface area contributed by atoms with E-state index in [4.69, 9.17) is 5.73 Å². The molecule has 0 aliphatic heterocycles. The normalized spacial score (nSPS) is 14.9. The molecule has 1 fully saturated rings. The van der Waals surface area contributed by atoms with Crippen LogP contribution in [0.15, 0.2) is 23.1 Å². The van der Waals surface area contributed by atoms with Crippen molar-refractivity contribution >= 4 is 10.0 Å². The van der Waals surface area contributed by atoms with E-state index in [1.165, 1.54) is 16.4 Å². The molecule has 2 N–H and O–H groups in total. The van der Waals surface area contributed by atoms with E-state index in [0.717, 1.165) is 18.9 Å². The van der Waals surface area contributed by atoms with Gasteiger partial charge in [-0.25, -0.2) is 12.8 Å². The molecular formula is C15H19FN2O2S. The van der Waals surface area contributed by atoms with Gasteiger partial charge in [0.05, 0.1) is 6.54 Å². The largest absolute Gasteiger partial charge is 0.320 e. The van der Waals surface area contributed by atoms with Crippen LogP contribution in [0, 0.1) is 17.7 Å². The van der Waals surface area contributed by atoms with E-state index in [0.29, 0.717) is 18.5 Å². The maximum Gasteiger partial charge on any atom is 0.246 e. The fourth-order valence-electron chi connectivity index (χ4n) is 2.15. The zero-order valence-electron chi connectivity index (χ0n) is 12.0. The quantitative estimate of drug-likeness (QED) is 0.842. The Hall–Kier alpha value is -1.42. The average Bonchev–Trinajstić information content (AvgIpc) is 3.26. The molecule has 1 aromatic rings. The molecule has 0 heterocycles. The summed E-state index contributed by atoms with van der Waals surface area (Å²) in [6.07, 6.45) is 2.40. The Morgan fingerprint density at radius 1 is 1.43 bits per heavy atom. The standard InChI is InChI=1S/C15H19FN2O2S/c1-2-10-18(13-6-7-13)21(19,20)15-8-5-12(4-3-9-17)11-14(15)16/h5,8,11,13H,2,6-7,9-10,17H2,1H3. The van der Waals surface area contributed by atoms with Crippen molar-refractivity contribution in [1.82, 2.24) is 4.31 Å². The summed E-state index contributed by atoms with van der Waals surface area (Å²) in [5, 5.41) is 0. The molecule has 1 aliphatic carbocycles. The van der Waals surface area contributed by atoms with Gasteiger partial charge in [0.2, 0.25) is 10.0 Å². The molecule has 21 heavy (non-hydrogen) atoms. The predicted octanol–water partition coefficient (Wildman–Crippen LogP) is 1.70. The third kappa shape index (κ3) is 3.62. The van der Waals surface area contributed by atoms with Crippen LogP contribution in [0.5, 0.6) is 0 Å². The van der Waals surface area contributed by atoms with Crippen molar-refractivity contribution in [3.05, 3.63) is 29.6 Å². The van der Waals surface area contributed by atoms with E-state index in [9.17, 15) is 12.8 Å². The molecule has 1 saturated carbocycles. The Morgan fingerprint density at radius 3 is 2.67 bits per heavy atom. The van der Waals surface area contributed by atoms with E-state index in [1.54, 1.807) is 0 Å². The van der Waals surface area contributed by atoms with Crippen LogP contribution < -0.4 is 5.73 Å². The van der Waals surface area contributed by atoms with Gasteiger partial charge in [0.25, 0.3) is 0 Å². The Morgan fingerprint density at radius 2 is 2.14 bits per heavy atom. The molecule has 0 unspecified atom stereocenters. The number of hydrogen-bond donors (Lipinski definition) is 1. The van der Waals surface area contributed by atoms with Crippen molar-refractivity contribution < 1.29 is 12.8 Å². The zero-order chi connectivity index (χ0) is 15.5. The molecule has 0 spiro atoms. The van der Waals surface area contributed by atoms with Gasteiger partial charge in [-0.1, -0.05) is 18.8 Å². The van der Waals surface area contributed by atoms with E-state index >= 15 is 0 Å². The van der Waals surface area contributed by atoms with E-state index in [2.05, 4.69) is 11.8 Å². The van der Waals surface area contributed by atoms with Gasteiger partial charge in [0, 0.05) is 18.2 Å². The summed E-state index contributed by atoms with van der Waals surface area (Å²) >= 11 is 0. The van der Waals surface area contributed by atoms with Crippen molar-refractivity contribution in [3.8, 4) is 11.8 Å². The lowest BCUT2D eigenvalue weighted by Crippen LogP contribution is -2.34. The highest BCUT2D eigenvalue weighted by Gasteiger charge is 2.38. The highest BCUT2D eigenvalue weighted by Crippen LogP contribution is 2.33. The second kappa shape index (κ2) is 6.56. The van der Waals surface area contributed by atoms with Gasteiger partial charge in [-0.05, 0) is 37.5 Å². The van der Waals surface area contributed by atoms with Crippen LogP contribution in [-0.4, -0.2) is 31.9 Å². The molecule has 0 bridgehead atoms. The summed E-state index contributed by atoms with van der Waals surface area (Å²) in [7, 11) is -3.78. The van der Waals surface area contributed by atoms with Gasteiger partial charge in [0.15, 0.2) is 0 Å². The Labute approximate surface area is 125 Å². The van der Waals surface area contributed by atoms with Crippen molar-refractivity contribution in [2.75, 3.05) is 13.1 Å². The summed E-state index contributed by atoms with van der Waals surface area (Å²) in [5.41, 5.74) is 5.68. The van der Waals surface area contributed by atoms with Crippen LogP contribution in [-0.2, 0) is 10.0 Å². The molecule has 0 radical (unpaired) electrons. The Bertz CT molecular complexity index is 673. The molecule has 0 amide bonds. The van der Waals surface area contributed by atoms with Gasteiger partial charge < -0.3 is 5.73 Å². The smallest absolute Gasteiger partial charge is 0.246 e. The lowest BCUT2D eigenvalue weighted by atomic mass is 10.2. The van der Waals surface area contributed by atoms with E-state index in [-0.39, 0.29) is 17.5 Å². The fourth-order valence-corrected chi connectivity index (χ4v) is 3.97. The lowest BCUT2D eigenvalue weighted by molar-refractivity contribution is 0.400. The first kappa shape index (κ1) is 16.0. The van der Waals surface area contributed by atoms with Crippen molar-refractivity contribution in [2.45, 2.75) is 37.1 Å². The van der Waals surface area contributed by atoms with Crippen LogP contribution in [0.2, 0.25) is 0 Å². The van der Waals surface area contributed by atoms with Gasteiger partial charge in [-0.15, -0.1) is 0 Å². The number of sulfonamides is 1. The minimum Gasteiger partial charge on any atom is -0.320 e. The van der Waals surface area contributed by atoms with Crippen LogP contribution >= 0.6 is 0 Å². The zero-order valence-corrected chi connectivity index (χ0v) is 12.8. The summed E-state index contributed by atoms with van der Waals surface area (Å²) in [4.78, 5) is -0.277. The molecule has 1 aliphatic rings. The number of nitrogens with two attached hydrogens (primary N) is 1. The summed E-state index contributed by atoms with van der Waals surface area (Å²) < 4.78 is 40.7. The first-order valence-corrected chi connectivity index (χ1v) is 8.45. The second-order valence-electron chi connectivity index (χ2n) is 5.00. The van der Waals surface area contributed by atoms with Gasteiger partial charge in [-0.3, -0.25) is 0 Å². The van der Waals surface area contributed by atoms with Gasteiger partial charge >= 0.3 is 0 Å². The molecule has 114 valence electrons. The maximum atomic E-state index is 14.2. The van der Waals surface area contributed by atoms with Gasteiger partial charge in [0.1, 0.15) is 10.7 Å². The Kier molecular flexibility index (Phi) is 4.99. The highest BCUT2D eigenvalue weighted by molar-refractivity contribution is 7.89. The topological polar surface area (TPSA) is 63.4 Å². The summed E-state index contributed by atoms with van der Waals surface area (Å²) in [5.74, 6) is 4.54. The minimum absolute atomic E-state index is 0.0195. The number of rotatable bonds is 5. The van der Waals surface area contributed by atoms with Crippen molar-refractivity contribution in [2.24, 2.45) is 5.73 Å². The summed E-state index contributed by atoms with van der Waals surface area (Å²) in [6, 6.07) is 3.96. The molecule has 0 atom stereocenters. The van der Waals surface area contributed by atoms with Crippen LogP contribution in [0.1, 0.15) is 31.7 Å². The molecule has 0 saturated heterocycles. The summed E-state index contributed by atoms with van der Waals surface area (Å²) in [6.45, 7) is 2.50. The fraction of sp³-hybridized carbons (Fsp3) is 0.467. The van der Waals surface area contributed by atoms with Crippen LogP contribution in [0.4, 0.5) is 4.39 Å². The molecule has 2 rings (SSSR count). The highest BCUT2D eigenvalue weighted by atomic mass is 32.2. The minimum atomic E-state index is -3.78. The molecular weight excluding hydrogens is 291 g/mol. The molecule has 4 nitrogen and oxygen atoms in total. The third-order valence-electron chi connectivity index (χ3n) is 3.25. The first-order chi connectivity index (χ1) is 10.0. The number of halogens is 1. The molecule has 0 aromatic heterocycles. The number of hydrogen-bond acceptors (Lipinski definition) is 3. The maximum absolute atomic E-state index is 14.2. The number of benzene rings is 1. The first-order valence-electron chi connectivity index (χ1n) is 7.01. The predicted molar refractivity (Wildman–Crippen MR) is 79.5 cm³/mol.